The lowest BCUT2D eigenvalue weighted by molar-refractivity contribution is 1.25. The van der Waals surface area contributed by atoms with Crippen molar-refractivity contribution in [1.29, 1.82) is 5.41 Å². The molecular formula is C14H14N2S. The molecule has 3 heteroatoms. The van der Waals surface area contributed by atoms with Crippen molar-refractivity contribution in [2.45, 2.75) is 20.3 Å². The Hall–Kier alpha value is -1.70. The Kier molecular flexibility index (Phi) is 3.52. The zero-order valence-corrected chi connectivity index (χ0v) is 10.8. The van der Waals surface area contributed by atoms with Crippen LogP contribution >= 0.6 is 11.3 Å². The normalized spacial score (nSPS) is 14.2. The fourth-order valence-corrected chi connectivity index (χ4v) is 2.47. The average molecular weight is 242 g/mol. The molecule has 0 radical (unpaired) electrons. The number of hydrogen-bond acceptors (Lipinski definition) is 3. The Morgan fingerprint density at radius 1 is 1.47 bits per heavy atom. The monoisotopic (exact) mass is 242 g/mol. The van der Waals surface area contributed by atoms with Gasteiger partial charge in [0.2, 0.25) is 0 Å². The van der Waals surface area contributed by atoms with Gasteiger partial charge in [0.05, 0.1) is 16.1 Å². The minimum absolute atomic E-state index is 0.656. The molecule has 1 N–H and O–H groups in total. The minimum atomic E-state index is 0.656. The standard InChI is InChI=1S/C14H14N2S/c1-10(15)8-12-4-3-5-13(7-6-12)14-11(2)16-9-17-14/h3,5-7,9,15H,8H2,1-2H3. The van der Waals surface area contributed by atoms with Crippen LogP contribution in [-0.2, 0) is 0 Å². The van der Waals surface area contributed by atoms with E-state index >= 15 is 0 Å². The van der Waals surface area contributed by atoms with Gasteiger partial charge in [0.15, 0.2) is 0 Å². The summed E-state index contributed by atoms with van der Waals surface area (Å²) >= 11 is 1.65. The lowest BCUT2D eigenvalue weighted by atomic mass is 10.1. The van der Waals surface area contributed by atoms with Gasteiger partial charge < -0.3 is 5.41 Å². The molecule has 0 aromatic carbocycles. The maximum absolute atomic E-state index is 7.49. The van der Waals surface area contributed by atoms with E-state index < -0.39 is 0 Å². The van der Waals surface area contributed by atoms with Crippen LogP contribution in [0.25, 0.3) is 5.57 Å². The summed E-state index contributed by atoms with van der Waals surface area (Å²) in [5.41, 5.74) is 8.99. The quantitative estimate of drug-likeness (QED) is 0.633. The average Bonchev–Trinajstić information content (AvgIpc) is 2.56. The van der Waals surface area contributed by atoms with Gasteiger partial charge in [-0.3, -0.25) is 0 Å². The summed E-state index contributed by atoms with van der Waals surface area (Å²) in [6, 6.07) is 0. The summed E-state index contributed by atoms with van der Waals surface area (Å²) < 4.78 is 0. The molecule has 86 valence electrons. The third-order valence-corrected chi connectivity index (χ3v) is 3.44. The predicted molar refractivity (Wildman–Crippen MR) is 73.6 cm³/mol. The number of nitrogens with one attached hydrogen (secondary N) is 1. The van der Waals surface area contributed by atoms with E-state index in [1.54, 1.807) is 11.3 Å². The molecule has 2 nitrogen and oxygen atoms in total. The van der Waals surface area contributed by atoms with Gasteiger partial charge in [0, 0.05) is 12.1 Å². The first kappa shape index (κ1) is 11.8. The first-order valence-corrected chi connectivity index (χ1v) is 6.33. The van der Waals surface area contributed by atoms with Crippen LogP contribution in [0.15, 0.2) is 41.1 Å². The van der Waals surface area contributed by atoms with E-state index in [1.165, 1.54) is 4.88 Å². The molecule has 0 unspecified atom stereocenters. The van der Waals surface area contributed by atoms with Crippen LogP contribution in [0.5, 0.6) is 0 Å². The van der Waals surface area contributed by atoms with Crippen molar-refractivity contribution in [1.82, 2.24) is 4.98 Å². The molecule has 0 spiro atoms. The second-order valence-corrected chi connectivity index (χ2v) is 4.87. The van der Waals surface area contributed by atoms with E-state index in [-0.39, 0.29) is 0 Å². The van der Waals surface area contributed by atoms with Crippen LogP contribution < -0.4 is 0 Å². The molecule has 1 aromatic heterocycles. The molecule has 2 rings (SSSR count). The zero-order valence-electron chi connectivity index (χ0n) is 9.95. The highest BCUT2D eigenvalue weighted by Gasteiger charge is 2.06. The molecular weight excluding hydrogens is 228 g/mol. The molecule has 0 atom stereocenters. The third-order valence-electron chi connectivity index (χ3n) is 2.46. The Balaban J connectivity index is 2.24. The number of nitrogens with zero attached hydrogens (tertiary/aromatic N) is 1. The Labute approximate surface area is 105 Å². The van der Waals surface area contributed by atoms with Gasteiger partial charge in [0.25, 0.3) is 0 Å². The molecule has 0 fully saturated rings. The van der Waals surface area contributed by atoms with Crippen LogP contribution in [-0.4, -0.2) is 10.7 Å². The van der Waals surface area contributed by atoms with Crippen LogP contribution in [0, 0.1) is 12.3 Å². The van der Waals surface area contributed by atoms with E-state index in [4.69, 9.17) is 5.41 Å². The van der Waals surface area contributed by atoms with Gasteiger partial charge in [0.1, 0.15) is 0 Å². The second-order valence-electron chi connectivity index (χ2n) is 4.02. The first-order chi connectivity index (χ1) is 8.16. The van der Waals surface area contributed by atoms with Crippen molar-refractivity contribution in [2.75, 3.05) is 0 Å². The summed E-state index contributed by atoms with van der Waals surface area (Å²) in [5.74, 6) is 0. The number of allylic oxidation sites excluding steroid dienone is 5. The van der Waals surface area contributed by atoms with Crippen molar-refractivity contribution in [3.05, 3.63) is 51.7 Å². The number of aromatic nitrogens is 1. The van der Waals surface area contributed by atoms with Crippen molar-refractivity contribution in [3.63, 3.8) is 0 Å². The number of aryl methyl sites for hydroxylation is 1. The van der Waals surface area contributed by atoms with Gasteiger partial charge in [-0.2, -0.15) is 0 Å². The van der Waals surface area contributed by atoms with E-state index in [1.807, 2.05) is 37.6 Å². The zero-order chi connectivity index (χ0) is 12.3. The highest BCUT2D eigenvalue weighted by molar-refractivity contribution is 7.11. The largest absolute Gasteiger partial charge is 0.310 e. The smallest absolute Gasteiger partial charge is 0.0801 e. The Morgan fingerprint density at radius 3 is 2.94 bits per heavy atom. The number of thiazole rings is 1. The fraction of sp³-hybridized carbons (Fsp3) is 0.214. The third kappa shape index (κ3) is 2.90. The van der Waals surface area contributed by atoms with Crippen molar-refractivity contribution in [3.8, 4) is 0 Å². The molecule has 0 aliphatic heterocycles. The van der Waals surface area contributed by atoms with E-state index in [0.717, 1.165) is 16.8 Å². The van der Waals surface area contributed by atoms with Gasteiger partial charge in [-0.25, -0.2) is 4.98 Å². The molecule has 1 heterocycles. The first-order valence-electron chi connectivity index (χ1n) is 5.45. The molecule has 17 heavy (non-hydrogen) atoms. The molecule has 0 amide bonds. The summed E-state index contributed by atoms with van der Waals surface area (Å²) in [7, 11) is 0. The van der Waals surface area contributed by atoms with E-state index in [0.29, 0.717) is 12.1 Å². The van der Waals surface area contributed by atoms with E-state index in [2.05, 4.69) is 16.8 Å². The SMILES string of the molecule is CC(=N)CC1=C=CC=C(c2scnc2C)C=C1. The van der Waals surface area contributed by atoms with Crippen LogP contribution in [0.1, 0.15) is 23.9 Å². The Morgan fingerprint density at radius 2 is 2.29 bits per heavy atom. The van der Waals surface area contributed by atoms with Crippen LogP contribution in [0.4, 0.5) is 0 Å². The lowest BCUT2D eigenvalue weighted by Gasteiger charge is -1.98. The lowest BCUT2D eigenvalue weighted by Crippen LogP contribution is -1.88. The minimum Gasteiger partial charge on any atom is -0.310 e. The Bertz CT molecular complexity index is 567. The van der Waals surface area contributed by atoms with Crippen molar-refractivity contribution in [2.24, 2.45) is 0 Å². The number of hydrogen-bond donors (Lipinski definition) is 1. The van der Waals surface area contributed by atoms with Gasteiger partial charge in [-0.05, 0) is 37.1 Å². The maximum Gasteiger partial charge on any atom is 0.0801 e. The van der Waals surface area contributed by atoms with Gasteiger partial charge in [-0.15, -0.1) is 17.1 Å². The molecule has 1 aliphatic carbocycles. The fourth-order valence-electron chi connectivity index (χ4n) is 1.66. The van der Waals surface area contributed by atoms with Crippen LogP contribution in [0.3, 0.4) is 0 Å². The molecule has 0 saturated carbocycles. The molecule has 0 bridgehead atoms. The van der Waals surface area contributed by atoms with E-state index in [9.17, 15) is 0 Å². The summed E-state index contributed by atoms with van der Waals surface area (Å²) in [6.07, 6.45) is 8.74. The summed E-state index contributed by atoms with van der Waals surface area (Å²) in [5, 5.41) is 7.49. The van der Waals surface area contributed by atoms with Gasteiger partial charge >= 0.3 is 0 Å². The van der Waals surface area contributed by atoms with Crippen molar-refractivity contribution >= 4 is 22.6 Å². The van der Waals surface area contributed by atoms with Gasteiger partial charge in [-0.1, -0.05) is 12.2 Å². The second kappa shape index (κ2) is 5.09. The molecule has 0 saturated heterocycles. The topological polar surface area (TPSA) is 36.7 Å². The summed E-state index contributed by atoms with van der Waals surface area (Å²) in [6.45, 7) is 3.83. The molecule has 1 aliphatic rings. The summed E-state index contributed by atoms with van der Waals surface area (Å²) in [4.78, 5) is 5.46. The number of rotatable bonds is 3. The predicted octanol–water partition coefficient (Wildman–Crippen LogP) is 3.92. The highest BCUT2D eigenvalue weighted by atomic mass is 32.1. The molecule has 1 aromatic rings. The highest BCUT2D eigenvalue weighted by Crippen LogP contribution is 2.25. The van der Waals surface area contributed by atoms with Crippen molar-refractivity contribution < 1.29 is 0 Å². The van der Waals surface area contributed by atoms with Crippen LogP contribution in [0.2, 0.25) is 0 Å². The maximum atomic E-state index is 7.49.